The Balaban J connectivity index is 1.43. The van der Waals surface area contributed by atoms with E-state index in [2.05, 4.69) is 40.7 Å². The van der Waals surface area contributed by atoms with Crippen molar-refractivity contribution in [2.45, 2.75) is 104 Å². The van der Waals surface area contributed by atoms with Gasteiger partial charge in [-0.3, -0.25) is 4.79 Å². The van der Waals surface area contributed by atoms with E-state index in [1.165, 1.54) is 24.0 Å². The molecule has 202 valence electrons. The van der Waals surface area contributed by atoms with Gasteiger partial charge in [0.1, 0.15) is 24.6 Å². The average Bonchev–Trinajstić information content (AvgIpc) is 3.34. The SMILES string of the molecule is CC1=C2C[C@H](O[C@@H]3OC[C@H](O)[C@H](O)[C@@H]3O)[C@@H](C)[C@@H]2C/C=C(/C=O)[C@H]2C[C@]3(C)CC[C@@H](C(C)C)[C@@H]3C[C@H]12. The Bertz CT molecular complexity index is 909. The number of aliphatic hydroxyl groups excluding tert-OH is 3. The molecule has 6 heteroatoms. The first-order valence-electron chi connectivity index (χ1n) is 14.2. The summed E-state index contributed by atoms with van der Waals surface area (Å²) in [5.74, 6) is 3.30. The molecule has 12 atom stereocenters. The fourth-order valence-electron chi connectivity index (χ4n) is 8.79. The first kappa shape index (κ1) is 26.6. The number of hydrogen-bond acceptors (Lipinski definition) is 6. The van der Waals surface area contributed by atoms with Crippen molar-refractivity contribution in [3.63, 3.8) is 0 Å². The summed E-state index contributed by atoms with van der Waals surface area (Å²) in [5.41, 5.74) is 4.21. The molecule has 1 saturated heterocycles. The molecule has 3 saturated carbocycles. The van der Waals surface area contributed by atoms with Crippen LogP contribution in [0.1, 0.15) is 73.1 Å². The van der Waals surface area contributed by atoms with Crippen LogP contribution in [-0.4, -0.2) is 58.9 Å². The average molecular weight is 503 g/mol. The van der Waals surface area contributed by atoms with Gasteiger partial charge < -0.3 is 24.8 Å². The number of aldehydes is 1. The summed E-state index contributed by atoms with van der Waals surface area (Å²) in [7, 11) is 0. The maximum atomic E-state index is 12.4. The number of hydrogen-bond donors (Lipinski definition) is 3. The van der Waals surface area contributed by atoms with E-state index in [1.54, 1.807) is 0 Å². The third kappa shape index (κ3) is 4.35. The van der Waals surface area contributed by atoms with Gasteiger partial charge in [0.2, 0.25) is 0 Å². The molecule has 5 rings (SSSR count). The van der Waals surface area contributed by atoms with Gasteiger partial charge >= 0.3 is 0 Å². The lowest BCUT2D eigenvalue weighted by Crippen LogP contribution is -2.54. The maximum absolute atomic E-state index is 12.4. The van der Waals surface area contributed by atoms with Gasteiger partial charge in [-0.15, -0.1) is 0 Å². The molecule has 6 nitrogen and oxygen atoms in total. The summed E-state index contributed by atoms with van der Waals surface area (Å²) in [4.78, 5) is 12.4. The van der Waals surface area contributed by atoms with E-state index in [4.69, 9.17) is 9.47 Å². The van der Waals surface area contributed by atoms with E-state index in [-0.39, 0.29) is 18.6 Å². The lowest BCUT2D eigenvalue weighted by Gasteiger charge is -2.49. The molecule has 1 aliphatic heterocycles. The number of ether oxygens (including phenoxy) is 2. The summed E-state index contributed by atoms with van der Waals surface area (Å²) in [6, 6.07) is 0. The van der Waals surface area contributed by atoms with Gasteiger partial charge in [0, 0.05) is 0 Å². The van der Waals surface area contributed by atoms with Crippen molar-refractivity contribution in [3.8, 4) is 0 Å². The van der Waals surface area contributed by atoms with Gasteiger partial charge in [0.05, 0.1) is 12.7 Å². The lowest BCUT2D eigenvalue weighted by atomic mass is 9.55. The van der Waals surface area contributed by atoms with E-state index in [0.29, 0.717) is 35.0 Å². The van der Waals surface area contributed by atoms with Crippen molar-refractivity contribution >= 4 is 6.29 Å². The molecule has 0 aromatic carbocycles. The van der Waals surface area contributed by atoms with Crippen molar-refractivity contribution in [3.05, 3.63) is 22.8 Å². The van der Waals surface area contributed by atoms with Crippen LogP contribution < -0.4 is 0 Å². The predicted molar refractivity (Wildman–Crippen MR) is 137 cm³/mol. The number of allylic oxidation sites excluding steroid dienone is 3. The second-order valence-electron chi connectivity index (χ2n) is 13.2. The normalized spacial score (nSPS) is 50.6. The molecule has 0 spiro atoms. The minimum atomic E-state index is -1.28. The van der Waals surface area contributed by atoms with E-state index >= 15 is 0 Å². The molecule has 0 aromatic heterocycles. The van der Waals surface area contributed by atoms with Crippen LogP contribution in [0.4, 0.5) is 0 Å². The quantitative estimate of drug-likeness (QED) is 0.397. The monoisotopic (exact) mass is 502 g/mol. The number of fused-ring (bicyclic) bond motifs is 3. The first-order chi connectivity index (χ1) is 17.1. The second-order valence-corrected chi connectivity index (χ2v) is 13.2. The fourth-order valence-corrected chi connectivity index (χ4v) is 8.79. The van der Waals surface area contributed by atoms with Gasteiger partial charge in [-0.2, -0.15) is 0 Å². The number of carbonyl (C=O) groups is 1. The van der Waals surface area contributed by atoms with Crippen molar-refractivity contribution in [1.82, 2.24) is 0 Å². The van der Waals surface area contributed by atoms with E-state index in [9.17, 15) is 20.1 Å². The van der Waals surface area contributed by atoms with Crippen molar-refractivity contribution in [2.75, 3.05) is 6.61 Å². The zero-order valence-corrected chi connectivity index (χ0v) is 22.6. The van der Waals surface area contributed by atoms with Gasteiger partial charge in [0.15, 0.2) is 6.29 Å². The number of rotatable bonds is 4. The highest BCUT2D eigenvalue weighted by Gasteiger charge is 2.54. The summed E-state index contributed by atoms with van der Waals surface area (Å²) in [5, 5.41) is 30.4. The largest absolute Gasteiger partial charge is 0.388 e. The van der Waals surface area contributed by atoms with E-state index < -0.39 is 24.6 Å². The molecule has 5 aliphatic rings. The lowest BCUT2D eigenvalue weighted by molar-refractivity contribution is -0.285. The van der Waals surface area contributed by atoms with Crippen LogP contribution >= 0.6 is 0 Å². The topological polar surface area (TPSA) is 96.2 Å². The molecule has 4 fully saturated rings. The Morgan fingerprint density at radius 1 is 1.17 bits per heavy atom. The Hall–Kier alpha value is -1.05. The summed E-state index contributed by atoms with van der Waals surface area (Å²) < 4.78 is 11.8. The van der Waals surface area contributed by atoms with Crippen LogP contribution in [0.2, 0.25) is 0 Å². The molecule has 4 aliphatic carbocycles. The van der Waals surface area contributed by atoms with Crippen LogP contribution in [-0.2, 0) is 14.3 Å². The Labute approximate surface area is 216 Å². The minimum absolute atomic E-state index is 0.0541. The highest BCUT2D eigenvalue weighted by atomic mass is 16.7. The molecular formula is C30H46O6. The Kier molecular flexibility index (Phi) is 7.32. The molecule has 0 unspecified atom stereocenters. The highest BCUT2D eigenvalue weighted by Crippen LogP contribution is 2.62. The van der Waals surface area contributed by atoms with Crippen molar-refractivity contribution in [2.24, 2.45) is 46.8 Å². The number of aliphatic hydroxyl groups is 3. The van der Waals surface area contributed by atoms with Crippen molar-refractivity contribution in [1.29, 1.82) is 0 Å². The summed E-state index contributed by atoms with van der Waals surface area (Å²) in [6.45, 7) is 11.7. The molecular weight excluding hydrogens is 456 g/mol. The van der Waals surface area contributed by atoms with Crippen LogP contribution in [0.3, 0.4) is 0 Å². The van der Waals surface area contributed by atoms with Gasteiger partial charge in [0.25, 0.3) is 0 Å². The van der Waals surface area contributed by atoms with Crippen molar-refractivity contribution < 1.29 is 29.6 Å². The molecule has 0 bridgehead atoms. The molecule has 0 amide bonds. The Morgan fingerprint density at radius 3 is 2.61 bits per heavy atom. The summed E-state index contributed by atoms with van der Waals surface area (Å²) >= 11 is 0. The maximum Gasteiger partial charge on any atom is 0.186 e. The van der Waals surface area contributed by atoms with Crippen LogP contribution in [0.15, 0.2) is 22.8 Å². The zero-order chi connectivity index (χ0) is 25.9. The molecule has 36 heavy (non-hydrogen) atoms. The third-order valence-electron chi connectivity index (χ3n) is 11.1. The molecule has 1 heterocycles. The number of carbonyl (C=O) groups excluding carboxylic acids is 1. The van der Waals surface area contributed by atoms with Crippen LogP contribution in [0.25, 0.3) is 0 Å². The highest BCUT2D eigenvalue weighted by molar-refractivity contribution is 5.74. The minimum Gasteiger partial charge on any atom is -0.388 e. The molecule has 0 aromatic rings. The summed E-state index contributed by atoms with van der Waals surface area (Å²) in [6.07, 6.45) is 5.03. The Morgan fingerprint density at radius 2 is 1.92 bits per heavy atom. The standard InChI is InChI=1S/C30H46O6/c1-15(2)19-8-9-30(5)12-23-18(13-31)6-7-20-17(4)26(11-22(20)16(3)21(23)10-24(19)30)36-29-28(34)27(33)25(32)14-35-29/h6,13,15,17,19-21,23-29,32-34H,7-12,14H2,1-5H3/b18-6-,22-16?/t17-,19-,20-,21+,23+,24-,25-,26-,27-,28-,29-,30-/m0/s1. The van der Waals surface area contributed by atoms with E-state index in [0.717, 1.165) is 43.5 Å². The van der Waals surface area contributed by atoms with Crippen LogP contribution in [0, 0.1) is 46.8 Å². The van der Waals surface area contributed by atoms with Gasteiger partial charge in [-0.25, -0.2) is 0 Å². The van der Waals surface area contributed by atoms with E-state index in [1.807, 2.05) is 0 Å². The second kappa shape index (κ2) is 9.92. The smallest absolute Gasteiger partial charge is 0.186 e. The van der Waals surface area contributed by atoms with Gasteiger partial charge in [-0.1, -0.05) is 44.9 Å². The third-order valence-corrected chi connectivity index (χ3v) is 11.1. The molecule has 0 radical (unpaired) electrons. The zero-order valence-electron chi connectivity index (χ0n) is 22.6. The van der Waals surface area contributed by atoms with Crippen LogP contribution in [0.5, 0.6) is 0 Å². The first-order valence-corrected chi connectivity index (χ1v) is 14.2. The molecule has 3 N–H and O–H groups in total. The fraction of sp³-hybridized carbons (Fsp3) is 0.833. The predicted octanol–water partition coefficient (Wildman–Crippen LogP) is 4.03. The van der Waals surface area contributed by atoms with Gasteiger partial charge in [-0.05, 0) is 97.9 Å².